The predicted octanol–water partition coefficient (Wildman–Crippen LogP) is 1.75. The molecule has 0 aliphatic carbocycles. The van der Waals surface area contributed by atoms with Gasteiger partial charge in [-0.2, -0.15) is 0 Å². The van der Waals surface area contributed by atoms with E-state index in [-0.39, 0.29) is 5.91 Å². The number of nitrogens with zero attached hydrogens (tertiary/aromatic N) is 2. The van der Waals surface area contributed by atoms with Crippen LogP contribution in [0.25, 0.3) is 0 Å². The first-order chi connectivity index (χ1) is 9.29. The van der Waals surface area contributed by atoms with Gasteiger partial charge in [0.05, 0.1) is 11.9 Å². The van der Waals surface area contributed by atoms with Crippen LogP contribution in [0.2, 0.25) is 0 Å². The lowest BCUT2D eigenvalue weighted by Crippen LogP contribution is -2.24. The Morgan fingerprint density at radius 3 is 2.58 bits per heavy atom. The summed E-state index contributed by atoms with van der Waals surface area (Å²) in [6.07, 6.45) is 7.29. The van der Waals surface area contributed by atoms with Gasteiger partial charge >= 0.3 is 0 Å². The van der Waals surface area contributed by atoms with Crippen molar-refractivity contribution < 1.29 is 4.79 Å². The first-order valence-corrected chi connectivity index (χ1v) is 7.00. The van der Waals surface area contributed by atoms with Crippen molar-refractivity contribution >= 4 is 17.4 Å². The highest BCUT2D eigenvalue weighted by atomic mass is 16.1. The van der Waals surface area contributed by atoms with Crippen molar-refractivity contribution in [1.29, 1.82) is 0 Å². The van der Waals surface area contributed by atoms with Gasteiger partial charge in [-0.25, -0.2) is 4.98 Å². The van der Waals surface area contributed by atoms with E-state index < -0.39 is 0 Å². The van der Waals surface area contributed by atoms with E-state index in [1.165, 1.54) is 25.7 Å². The van der Waals surface area contributed by atoms with E-state index in [0.717, 1.165) is 18.8 Å². The standard InChI is InChI=1S/C14H22N4O/c15-8-7-14(19)17-13-6-5-12(11-16-13)18-9-3-1-2-4-10-18/h5-6,11H,1-4,7-10,15H2,(H,16,17,19). The average Bonchev–Trinajstić information content (AvgIpc) is 2.69. The Hall–Kier alpha value is -1.62. The fraction of sp³-hybridized carbons (Fsp3) is 0.571. The first-order valence-electron chi connectivity index (χ1n) is 7.00. The molecule has 2 rings (SSSR count). The molecule has 1 aromatic heterocycles. The monoisotopic (exact) mass is 262 g/mol. The highest BCUT2D eigenvalue weighted by molar-refractivity contribution is 5.89. The molecule has 1 aliphatic heterocycles. The lowest BCUT2D eigenvalue weighted by molar-refractivity contribution is -0.116. The Morgan fingerprint density at radius 2 is 2.00 bits per heavy atom. The van der Waals surface area contributed by atoms with Crippen molar-refractivity contribution in [3.63, 3.8) is 0 Å². The van der Waals surface area contributed by atoms with Gasteiger partial charge in [0.25, 0.3) is 0 Å². The van der Waals surface area contributed by atoms with Crippen molar-refractivity contribution in [1.82, 2.24) is 4.98 Å². The Morgan fingerprint density at radius 1 is 1.26 bits per heavy atom. The quantitative estimate of drug-likeness (QED) is 0.867. The van der Waals surface area contributed by atoms with Gasteiger partial charge in [-0.1, -0.05) is 12.8 Å². The van der Waals surface area contributed by atoms with Crippen LogP contribution in [0.1, 0.15) is 32.1 Å². The summed E-state index contributed by atoms with van der Waals surface area (Å²) in [4.78, 5) is 18.1. The van der Waals surface area contributed by atoms with Crippen LogP contribution in [0, 0.1) is 0 Å². The van der Waals surface area contributed by atoms with Gasteiger partial charge in [0, 0.05) is 26.1 Å². The molecular formula is C14H22N4O. The number of carbonyl (C=O) groups is 1. The zero-order chi connectivity index (χ0) is 13.5. The molecule has 0 saturated carbocycles. The van der Waals surface area contributed by atoms with E-state index in [1.807, 2.05) is 18.3 Å². The highest BCUT2D eigenvalue weighted by Crippen LogP contribution is 2.19. The van der Waals surface area contributed by atoms with E-state index >= 15 is 0 Å². The minimum absolute atomic E-state index is 0.0856. The third-order valence-electron chi connectivity index (χ3n) is 3.36. The molecule has 2 heterocycles. The van der Waals surface area contributed by atoms with Crippen LogP contribution in [0.5, 0.6) is 0 Å². The van der Waals surface area contributed by atoms with Crippen LogP contribution in [0.3, 0.4) is 0 Å². The Balaban J connectivity index is 1.95. The number of hydrogen-bond donors (Lipinski definition) is 2. The summed E-state index contributed by atoms with van der Waals surface area (Å²) in [7, 11) is 0. The molecule has 5 heteroatoms. The predicted molar refractivity (Wildman–Crippen MR) is 77.2 cm³/mol. The molecular weight excluding hydrogens is 240 g/mol. The summed E-state index contributed by atoms with van der Waals surface area (Å²) in [6, 6.07) is 3.88. The van der Waals surface area contributed by atoms with Crippen molar-refractivity contribution in [2.24, 2.45) is 5.73 Å². The molecule has 0 atom stereocenters. The maximum absolute atomic E-state index is 11.4. The molecule has 1 fully saturated rings. The van der Waals surface area contributed by atoms with Gasteiger partial charge < -0.3 is 16.0 Å². The van der Waals surface area contributed by atoms with Crippen molar-refractivity contribution in [3.8, 4) is 0 Å². The van der Waals surface area contributed by atoms with Crippen molar-refractivity contribution in [3.05, 3.63) is 18.3 Å². The lowest BCUT2D eigenvalue weighted by atomic mass is 10.2. The summed E-state index contributed by atoms with van der Waals surface area (Å²) in [5.41, 5.74) is 6.47. The zero-order valence-corrected chi connectivity index (χ0v) is 11.3. The van der Waals surface area contributed by atoms with Gasteiger partial charge in [0.15, 0.2) is 0 Å². The molecule has 1 aliphatic rings. The lowest BCUT2D eigenvalue weighted by Gasteiger charge is -2.22. The van der Waals surface area contributed by atoms with Crippen LogP contribution in [0.4, 0.5) is 11.5 Å². The smallest absolute Gasteiger partial charge is 0.226 e. The zero-order valence-electron chi connectivity index (χ0n) is 11.3. The number of carbonyl (C=O) groups excluding carboxylic acids is 1. The average molecular weight is 262 g/mol. The summed E-state index contributed by atoms with van der Waals surface area (Å²) >= 11 is 0. The minimum Gasteiger partial charge on any atom is -0.370 e. The molecule has 0 bridgehead atoms. The summed E-state index contributed by atoms with van der Waals surface area (Å²) < 4.78 is 0. The number of amides is 1. The van der Waals surface area contributed by atoms with Crippen LogP contribution in [-0.4, -0.2) is 30.5 Å². The van der Waals surface area contributed by atoms with Gasteiger partial charge in [-0.3, -0.25) is 4.79 Å². The Kier molecular flexibility index (Phi) is 5.15. The first kappa shape index (κ1) is 13.8. The largest absolute Gasteiger partial charge is 0.370 e. The second kappa shape index (κ2) is 7.09. The number of pyridine rings is 1. The molecule has 19 heavy (non-hydrogen) atoms. The topological polar surface area (TPSA) is 71.2 Å². The molecule has 3 N–H and O–H groups in total. The van der Waals surface area contributed by atoms with Gasteiger partial charge in [-0.05, 0) is 25.0 Å². The Labute approximate surface area is 114 Å². The van der Waals surface area contributed by atoms with E-state index in [2.05, 4.69) is 15.2 Å². The van der Waals surface area contributed by atoms with Crippen molar-refractivity contribution in [2.75, 3.05) is 29.9 Å². The number of anilines is 2. The van der Waals surface area contributed by atoms with E-state index in [4.69, 9.17) is 5.73 Å². The third-order valence-corrected chi connectivity index (χ3v) is 3.36. The molecule has 0 spiro atoms. The fourth-order valence-corrected chi connectivity index (χ4v) is 2.31. The van der Waals surface area contributed by atoms with Crippen LogP contribution < -0.4 is 16.0 Å². The number of nitrogens with one attached hydrogen (secondary N) is 1. The van der Waals surface area contributed by atoms with Crippen LogP contribution in [0.15, 0.2) is 18.3 Å². The molecule has 104 valence electrons. The third kappa shape index (κ3) is 4.21. The normalized spacial score (nSPS) is 15.9. The van der Waals surface area contributed by atoms with Crippen LogP contribution in [-0.2, 0) is 4.79 Å². The number of rotatable bonds is 4. The molecule has 0 radical (unpaired) electrons. The SMILES string of the molecule is NCCC(=O)Nc1ccc(N2CCCCCC2)cn1. The summed E-state index contributed by atoms with van der Waals surface area (Å²) in [5.74, 6) is 0.509. The van der Waals surface area contributed by atoms with E-state index in [1.54, 1.807) is 0 Å². The number of nitrogens with two attached hydrogens (primary N) is 1. The van der Waals surface area contributed by atoms with E-state index in [9.17, 15) is 4.79 Å². The fourth-order valence-electron chi connectivity index (χ4n) is 2.31. The molecule has 1 amide bonds. The summed E-state index contributed by atoms with van der Waals surface area (Å²) in [6.45, 7) is 2.55. The maximum atomic E-state index is 11.4. The highest BCUT2D eigenvalue weighted by Gasteiger charge is 2.10. The van der Waals surface area contributed by atoms with Gasteiger partial charge in [0.1, 0.15) is 5.82 Å². The molecule has 1 aromatic rings. The van der Waals surface area contributed by atoms with E-state index in [0.29, 0.717) is 18.8 Å². The molecule has 0 unspecified atom stereocenters. The van der Waals surface area contributed by atoms with Gasteiger partial charge in [0.2, 0.25) is 5.91 Å². The maximum Gasteiger partial charge on any atom is 0.226 e. The minimum atomic E-state index is -0.0856. The number of aromatic nitrogens is 1. The number of hydrogen-bond acceptors (Lipinski definition) is 4. The second-order valence-corrected chi connectivity index (χ2v) is 4.89. The summed E-state index contributed by atoms with van der Waals surface area (Å²) in [5, 5.41) is 2.74. The van der Waals surface area contributed by atoms with Gasteiger partial charge in [-0.15, -0.1) is 0 Å². The molecule has 0 aromatic carbocycles. The second-order valence-electron chi connectivity index (χ2n) is 4.89. The van der Waals surface area contributed by atoms with Crippen LogP contribution >= 0.6 is 0 Å². The van der Waals surface area contributed by atoms with Crippen molar-refractivity contribution in [2.45, 2.75) is 32.1 Å². The molecule has 1 saturated heterocycles. The Bertz CT molecular complexity index is 396. The molecule has 5 nitrogen and oxygen atoms in total.